The van der Waals surface area contributed by atoms with E-state index in [2.05, 4.69) is 24.1 Å². The average molecular weight is 319 g/mol. The van der Waals surface area contributed by atoms with Crippen molar-refractivity contribution in [3.8, 4) is 11.5 Å². The molecule has 1 N–H and O–H groups in total. The fraction of sp³-hybridized carbons (Fsp3) is 0.500. The summed E-state index contributed by atoms with van der Waals surface area (Å²) in [6.07, 6.45) is 0.302. The molecule has 2 aromatic heterocycles. The van der Waals surface area contributed by atoms with Gasteiger partial charge in [-0.1, -0.05) is 0 Å². The number of nitrogens with one attached hydrogen (secondary N) is 1. The molecule has 3 rings (SSSR count). The van der Waals surface area contributed by atoms with Gasteiger partial charge in [-0.3, -0.25) is 4.79 Å². The van der Waals surface area contributed by atoms with E-state index in [1.165, 1.54) is 0 Å². The highest BCUT2D eigenvalue weighted by atomic mass is 32.1. The van der Waals surface area contributed by atoms with Crippen LogP contribution in [0.2, 0.25) is 0 Å². The molecule has 3 heterocycles. The van der Waals surface area contributed by atoms with E-state index in [-0.39, 0.29) is 11.9 Å². The van der Waals surface area contributed by atoms with Crippen molar-refractivity contribution >= 4 is 17.2 Å². The van der Waals surface area contributed by atoms with E-state index >= 15 is 0 Å². The molecule has 1 aliphatic rings. The Morgan fingerprint density at radius 2 is 2.36 bits per heavy atom. The number of carbonyl (C=O) groups excluding carboxylic acids is 1. The molecular weight excluding hydrogens is 298 g/mol. The molecule has 2 unspecified atom stereocenters. The minimum absolute atomic E-state index is 0.120. The number of aromatic nitrogens is 1. The van der Waals surface area contributed by atoms with Gasteiger partial charge in [-0.25, -0.2) is 4.98 Å². The summed E-state index contributed by atoms with van der Waals surface area (Å²) in [4.78, 5) is 19.0. The zero-order valence-corrected chi connectivity index (χ0v) is 13.9. The summed E-state index contributed by atoms with van der Waals surface area (Å²) in [5.74, 6) is 1.45. The average Bonchev–Trinajstić information content (AvgIpc) is 3.12. The first-order valence-corrected chi connectivity index (χ1v) is 8.52. The lowest BCUT2D eigenvalue weighted by Gasteiger charge is -2.38. The molecule has 0 aliphatic carbocycles. The number of carbonyl (C=O) groups is 1. The molecule has 5 nitrogen and oxygen atoms in total. The summed E-state index contributed by atoms with van der Waals surface area (Å²) in [6.45, 7) is 7.66. The topological polar surface area (TPSA) is 58.4 Å². The van der Waals surface area contributed by atoms with E-state index in [1.807, 2.05) is 28.7 Å². The lowest BCUT2D eigenvalue weighted by Crippen LogP contribution is -2.57. The number of aryl methyl sites for hydroxylation is 1. The van der Waals surface area contributed by atoms with Crippen LogP contribution in [0.4, 0.5) is 0 Å². The highest BCUT2D eigenvalue weighted by Gasteiger charge is 2.29. The molecule has 1 aliphatic heterocycles. The quantitative estimate of drug-likeness (QED) is 0.944. The number of hydrogen-bond acceptors (Lipinski definition) is 5. The molecular formula is C16H21N3O2S. The second-order valence-corrected chi connectivity index (χ2v) is 6.56. The Morgan fingerprint density at radius 3 is 3.09 bits per heavy atom. The number of piperazine rings is 1. The highest BCUT2D eigenvalue weighted by molar-refractivity contribution is 7.08. The number of amides is 1. The Balaban J connectivity index is 1.74. The summed E-state index contributed by atoms with van der Waals surface area (Å²) in [6, 6.07) is 2.49. The van der Waals surface area contributed by atoms with Crippen LogP contribution in [-0.2, 0) is 11.2 Å². The number of oxazole rings is 1. The van der Waals surface area contributed by atoms with Crippen LogP contribution >= 0.6 is 11.3 Å². The number of thiophene rings is 1. The number of nitrogens with zero attached hydrogens (tertiary/aromatic N) is 2. The van der Waals surface area contributed by atoms with Crippen molar-refractivity contribution in [2.75, 3.05) is 13.1 Å². The van der Waals surface area contributed by atoms with Crippen LogP contribution in [-0.4, -0.2) is 41.0 Å². The van der Waals surface area contributed by atoms with Crippen LogP contribution < -0.4 is 5.32 Å². The Hall–Kier alpha value is -1.66. The normalized spacial score (nSPS) is 22.0. The maximum atomic E-state index is 12.6. The van der Waals surface area contributed by atoms with Crippen LogP contribution in [0.3, 0.4) is 0 Å². The van der Waals surface area contributed by atoms with Crippen LogP contribution in [0.25, 0.3) is 11.5 Å². The summed E-state index contributed by atoms with van der Waals surface area (Å²) in [7, 11) is 0. The Labute approximate surface area is 134 Å². The predicted octanol–water partition coefficient (Wildman–Crippen LogP) is 2.46. The van der Waals surface area contributed by atoms with E-state index in [1.54, 1.807) is 11.3 Å². The van der Waals surface area contributed by atoms with Crippen molar-refractivity contribution in [3.63, 3.8) is 0 Å². The molecule has 2 aromatic rings. The van der Waals surface area contributed by atoms with Crippen molar-refractivity contribution in [2.45, 2.75) is 39.3 Å². The molecule has 0 aromatic carbocycles. The second-order valence-electron chi connectivity index (χ2n) is 5.78. The molecule has 0 saturated carbocycles. The maximum absolute atomic E-state index is 12.6. The van der Waals surface area contributed by atoms with Gasteiger partial charge in [0.2, 0.25) is 11.8 Å². The number of rotatable bonds is 3. The summed E-state index contributed by atoms with van der Waals surface area (Å²) in [5, 5.41) is 7.37. The Morgan fingerprint density at radius 1 is 1.55 bits per heavy atom. The van der Waals surface area contributed by atoms with Gasteiger partial charge in [0.1, 0.15) is 5.76 Å². The first-order valence-electron chi connectivity index (χ1n) is 7.58. The Kier molecular flexibility index (Phi) is 4.31. The van der Waals surface area contributed by atoms with Gasteiger partial charge in [-0.05, 0) is 32.2 Å². The van der Waals surface area contributed by atoms with E-state index in [0.29, 0.717) is 18.4 Å². The smallest absolute Gasteiger partial charge is 0.229 e. The van der Waals surface area contributed by atoms with Gasteiger partial charge in [-0.15, -0.1) is 0 Å². The van der Waals surface area contributed by atoms with Gasteiger partial charge >= 0.3 is 0 Å². The minimum atomic E-state index is 0.120. The van der Waals surface area contributed by atoms with Gasteiger partial charge in [0, 0.05) is 36.1 Å². The van der Waals surface area contributed by atoms with Crippen molar-refractivity contribution in [1.82, 2.24) is 15.2 Å². The SMILES string of the molecule is Cc1oc(-c2ccsc2)nc1CC(=O)N1CCNC(C)C1C. The maximum Gasteiger partial charge on any atom is 0.229 e. The van der Waals surface area contributed by atoms with Crippen molar-refractivity contribution in [2.24, 2.45) is 0 Å². The second kappa shape index (κ2) is 6.22. The molecule has 2 atom stereocenters. The summed E-state index contributed by atoms with van der Waals surface area (Å²) >= 11 is 1.60. The van der Waals surface area contributed by atoms with Crippen molar-refractivity contribution < 1.29 is 9.21 Å². The summed E-state index contributed by atoms with van der Waals surface area (Å²) < 4.78 is 5.71. The monoisotopic (exact) mass is 319 g/mol. The fourth-order valence-electron chi connectivity index (χ4n) is 2.76. The first kappa shape index (κ1) is 15.2. The zero-order valence-electron chi connectivity index (χ0n) is 13.1. The van der Waals surface area contributed by atoms with Gasteiger partial charge in [0.05, 0.1) is 12.1 Å². The van der Waals surface area contributed by atoms with Crippen LogP contribution in [0.1, 0.15) is 25.3 Å². The molecule has 0 spiro atoms. The van der Waals surface area contributed by atoms with E-state index in [0.717, 1.165) is 30.1 Å². The molecule has 22 heavy (non-hydrogen) atoms. The third-order valence-corrected chi connectivity index (χ3v) is 5.02. The lowest BCUT2D eigenvalue weighted by atomic mass is 10.1. The number of hydrogen-bond donors (Lipinski definition) is 1. The van der Waals surface area contributed by atoms with Crippen LogP contribution in [0.5, 0.6) is 0 Å². The molecule has 0 radical (unpaired) electrons. The third-order valence-electron chi connectivity index (χ3n) is 4.33. The van der Waals surface area contributed by atoms with Gasteiger partial charge in [0.25, 0.3) is 0 Å². The largest absolute Gasteiger partial charge is 0.441 e. The van der Waals surface area contributed by atoms with E-state index < -0.39 is 0 Å². The van der Waals surface area contributed by atoms with Gasteiger partial charge in [0.15, 0.2) is 0 Å². The fourth-order valence-corrected chi connectivity index (χ4v) is 3.38. The summed E-state index contributed by atoms with van der Waals surface area (Å²) in [5.41, 5.74) is 1.71. The molecule has 1 fully saturated rings. The molecule has 1 saturated heterocycles. The zero-order chi connectivity index (χ0) is 15.7. The van der Waals surface area contributed by atoms with Crippen molar-refractivity contribution in [1.29, 1.82) is 0 Å². The molecule has 118 valence electrons. The van der Waals surface area contributed by atoms with Crippen molar-refractivity contribution in [3.05, 3.63) is 28.3 Å². The first-order chi connectivity index (χ1) is 10.6. The van der Waals surface area contributed by atoms with Gasteiger partial charge in [-0.2, -0.15) is 11.3 Å². The predicted molar refractivity (Wildman–Crippen MR) is 86.9 cm³/mol. The highest BCUT2D eigenvalue weighted by Crippen LogP contribution is 2.24. The van der Waals surface area contributed by atoms with E-state index in [4.69, 9.17) is 4.42 Å². The van der Waals surface area contributed by atoms with E-state index in [9.17, 15) is 4.79 Å². The molecule has 0 bridgehead atoms. The van der Waals surface area contributed by atoms with Gasteiger partial charge < -0.3 is 14.6 Å². The Bertz CT molecular complexity index is 650. The third kappa shape index (κ3) is 2.94. The lowest BCUT2D eigenvalue weighted by molar-refractivity contribution is -0.134. The molecule has 1 amide bonds. The van der Waals surface area contributed by atoms with Crippen LogP contribution in [0.15, 0.2) is 21.2 Å². The standard InChI is InChI=1S/C16H21N3O2S/c1-10-11(2)19(6-5-17-10)15(20)8-14-12(3)21-16(18-14)13-4-7-22-9-13/h4,7,9-11,17H,5-6,8H2,1-3H3. The molecule has 6 heteroatoms. The van der Waals surface area contributed by atoms with Crippen LogP contribution in [0, 0.1) is 6.92 Å². The minimum Gasteiger partial charge on any atom is -0.441 e.